The van der Waals surface area contributed by atoms with E-state index in [0.29, 0.717) is 11.7 Å². The van der Waals surface area contributed by atoms with Gasteiger partial charge in [0.2, 0.25) is 5.89 Å². The van der Waals surface area contributed by atoms with E-state index in [1.54, 1.807) is 20.0 Å². The Bertz CT molecular complexity index is 657. The van der Waals surface area contributed by atoms with E-state index in [-0.39, 0.29) is 27.5 Å². The zero-order valence-electron chi connectivity index (χ0n) is 10.7. The molecule has 0 aliphatic carbocycles. The number of anilines is 1. The molecule has 0 spiro atoms. The van der Waals surface area contributed by atoms with Crippen LogP contribution in [0, 0.1) is 17.0 Å². The number of hydrogen-bond acceptors (Lipinski definition) is 5. The third-order valence-electron chi connectivity index (χ3n) is 2.62. The Morgan fingerprint density at radius 2 is 2.05 bits per heavy atom. The van der Waals surface area contributed by atoms with Crippen molar-refractivity contribution < 1.29 is 9.34 Å². The summed E-state index contributed by atoms with van der Waals surface area (Å²) in [6, 6.07) is 2.27. The minimum atomic E-state index is -0.530. The Kier molecular flexibility index (Phi) is 4.15. The summed E-state index contributed by atoms with van der Waals surface area (Å²) in [5.74, 6) is 1.10. The molecule has 0 amide bonds. The van der Waals surface area contributed by atoms with E-state index in [9.17, 15) is 10.1 Å². The third-order valence-corrected chi connectivity index (χ3v) is 3.34. The number of hydrogen-bond donors (Lipinski definition) is 1. The zero-order chi connectivity index (χ0) is 14.9. The van der Waals surface area contributed by atoms with E-state index in [0.717, 1.165) is 0 Å². The van der Waals surface area contributed by atoms with E-state index in [1.165, 1.54) is 12.1 Å². The number of halogens is 2. The van der Waals surface area contributed by atoms with Crippen LogP contribution in [0.1, 0.15) is 24.6 Å². The van der Waals surface area contributed by atoms with Crippen molar-refractivity contribution in [2.24, 2.45) is 0 Å². The maximum Gasteiger partial charge on any atom is 0.293 e. The number of benzene rings is 1. The van der Waals surface area contributed by atoms with Crippen molar-refractivity contribution in [2.45, 2.75) is 19.9 Å². The van der Waals surface area contributed by atoms with Gasteiger partial charge in [-0.25, -0.2) is 4.98 Å². The number of aromatic nitrogens is 1. The van der Waals surface area contributed by atoms with E-state index < -0.39 is 4.92 Å². The molecule has 6 nitrogen and oxygen atoms in total. The molecule has 20 heavy (non-hydrogen) atoms. The summed E-state index contributed by atoms with van der Waals surface area (Å²) in [6.07, 6.45) is 1.58. The van der Waals surface area contributed by atoms with Gasteiger partial charge in [0, 0.05) is 6.07 Å². The lowest BCUT2D eigenvalue weighted by molar-refractivity contribution is -0.384. The predicted molar refractivity (Wildman–Crippen MR) is 76.4 cm³/mol. The van der Waals surface area contributed by atoms with E-state index in [1.807, 2.05) is 0 Å². The highest BCUT2D eigenvalue weighted by atomic mass is 35.5. The van der Waals surface area contributed by atoms with E-state index in [2.05, 4.69) is 10.3 Å². The fraction of sp³-hybridized carbons (Fsp3) is 0.250. The first-order valence-electron chi connectivity index (χ1n) is 5.70. The largest absolute Gasteiger partial charge is 0.444 e. The molecule has 1 aromatic heterocycles. The van der Waals surface area contributed by atoms with Crippen LogP contribution < -0.4 is 5.32 Å². The molecule has 2 aromatic rings. The van der Waals surface area contributed by atoms with Crippen LogP contribution in [0.3, 0.4) is 0 Å². The summed E-state index contributed by atoms with van der Waals surface area (Å²) >= 11 is 11.7. The molecule has 106 valence electrons. The fourth-order valence-electron chi connectivity index (χ4n) is 1.67. The molecule has 0 bridgehead atoms. The molecule has 0 aliphatic heterocycles. The molecule has 0 fully saturated rings. The summed E-state index contributed by atoms with van der Waals surface area (Å²) in [6.45, 7) is 3.54. The van der Waals surface area contributed by atoms with Crippen molar-refractivity contribution in [1.82, 2.24) is 4.98 Å². The van der Waals surface area contributed by atoms with Gasteiger partial charge < -0.3 is 9.73 Å². The molecule has 0 saturated carbocycles. The zero-order valence-corrected chi connectivity index (χ0v) is 12.2. The maximum atomic E-state index is 11.0. The molecule has 1 aromatic carbocycles. The van der Waals surface area contributed by atoms with Crippen LogP contribution in [0.5, 0.6) is 0 Å². The van der Waals surface area contributed by atoms with Crippen molar-refractivity contribution in [1.29, 1.82) is 0 Å². The molecule has 0 radical (unpaired) electrons. The Hall–Kier alpha value is -1.79. The van der Waals surface area contributed by atoms with Crippen LogP contribution in [0.4, 0.5) is 11.4 Å². The second-order valence-corrected chi connectivity index (χ2v) is 5.03. The number of oxazole rings is 1. The minimum Gasteiger partial charge on any atom is -0.444 e. The average Bonchev–Trinajstić information content (AvgIpc) is 2.80. The number of aryl methyl sites for hydroxylation is 1. The molecule has 1 atom stereocenters. The first-order valence-corrected chi connectivity index (χ1v) is 6.46. The van der Waals surface area contributed by atoms with Crippen LogP contribution >= 0.6 is 23.2 Å². The molecule has 2 rings (SSSR count). The molecule has 0 saturated heterocycles. The van der Waals surface area contributed by atoms with Crippen LogP contribution in [0.25, 0.3) is 0 Å². The van der Waals surface area contributed by atoms with Gasteiger partial charge in [-0.05, 0) is 19.9 Å². The van der Waals surface area contributed by atoms with Crippen LogP contribution in [0.15, 0.2) is 22.7 Å². The van der Waals surface area contributed by atoms with Crippen LogP contribution in [-0.4, -0.2) is 9.91 Å². The standard InChI is InChI=1S/C12H11Cl2N3O3/c1-6-5-15-12(20-6)7(2)16-10-3-8(13)9(14)4-11(10)17(18)19/h3-5,7,16H,1-2H3. The normalized spacial score (nSPS) is 12.2. The lowest BCUT2D eigenvalue weighted by Gasteiger charge is -2.12. The number of nitrogens with zero attached hydrogens (tertiary/aromatic N) is 2. The van der Waals surface area contributed by atoms with E-state index >= 15 is 0 Å². The van der Waals surface area contributed by atoms with Gasteiger partial charge in [-0.15, -0.1) is 0 Å². The van der Waals surface area contributed by atoms with E-state index in [4.69, 9.17) is 27.6 Å². The maximum absolute atomic E-state index is 11.0. The Morgan fingerprint density at radius 3 is 2.60 bits per heavy atom. The predicted octanol–water partition coefficient (Wildman–Crippen LogP) is 4.37. The van der Waals surface area contributed by atoms with Gasteiger partial charge in [-0.3, -0.25) is 10.1 Å². The smallest absolute Gasteiger partial charge is 0.293 e. The quantitative estimate of drug-likeness (QED) is 0.669. The minimum absolute atomic E-state index is 0.128. The third kappa shape index (κ3) is 3.02. The van der Waals surface area contributed by atoms with Gasteiger partial charge in [0.05, 0.1) is 21.2 Å². The SMILES string of the molecule is Cc1cnc(C(C)Nc2cc(Cl)c(Cl)cc2[N+](=O)[O-])o1. The summed E-state index contributed by atoms with van der Waals surface area (Å²) in [5, 5.41) is 14.3. The van der Waals surface area contributed by atoms with Crippen molar-refractivity contribution in [3.8, 4) is 0 Å². The molecular formula is C12H11Cl2N3O3. The molecule has 0 aliphatic rings. The average molecular weight is 316 g/mol. The lowest BCUT2D eigenvalue weighted by atomic mass is 10.2. The second kappa shape index (κ2) is 5.68. The number of rotatable bonds is 4. The van der Waals surface area contributed by atoms with Gasteiger partial charge in [0.1, 0.15) is 17.5 Å². The second-order valence-electron chi connectivity index (χ2n) is 4.22. The van der Waals surface area contributed by atoms with Gasteiger partial charge in [-0.2, -0.15) is 0 Å². The van der Waals surface area contributed by atoms with Crippen LogP contribution in [0.2, 0.25) is 10.0 Å². The van der Waals surface area contributed by atoms with Gasteiger partial charge in [0.15, 0.2) is 0 Å². The lowest BCUT2D eigenvalue weighted by Crippen LogP contribution is -2.08. The fourth-order valence-corrected chi connectivity index (χ4v) is 1.99. The first-order chi connectivity index (χ1) is 9.38. The topological polar surface area (TPSA) is 81.2 Å². The molecular weight excluding hydrogens is 305 g/mol. The Morgan fingerprint density at radius 1 is 1.40 bits per heavy atom. The summed E-state index contributed by atoms with van der Waals surface area (Å²) in [5.41, 5.74) is 0.0993. The molecule has 1 heterocycles. The summed E-state index contributed by atoms with van der Waals surface area (Å²) in [4.78, 5) is 14.6. The van der Waals surface area contributed by atoms with Crippen molar-refractivity contribution in [2.75, 3.05) is 5.32 Å². The van der Waals surface area contributed by atoms with Crippen LogP contribution in [-0.2, 0) is 0 Å². The molecule has 1 N–H and O–H groups in total. The van der Waals surface area contributed by atoms with Crippen molar-refractivity contribution in [3.63, 3.8) is 0 Å². The highest BCUT2D eigenvalue weighted by Gasteiger charge is 2.20. The van der Waals surface area contributed by atoms with Gasteiger partial charge in [-0.1, -0.05) is 23.2 Å². The first kappa shape index (κ1) is 14.6. The number of nitro groups is 1. The Balaban J connectivity index is 2.33. The van der Waals surface area contributed by atoms with Crippen molar-refractivity contribution >= 4 is 34.6 Å². The number of nitro benzene ring substituents is 1. The monoisotopic (exact) mass is 315 g/mol. The highest BCUT2D eigenvalue weighted by molar-refractivity contribution is 6.42. The van der Waals surface area contributed by atoms with Gasteiger partial charge >= 0.3 is 0 Å². The van der Waals surface area contributed by atoms with Gasteiger partial charge in [0.25, 0.3) is 5.69 Å². The Labute approximate surface area is 124 Å². The highest BCUT2D eigenvalue weighted by Crippen LogP contribution is 2.35. The summed E-state index contributed by atoms with van der Waals surface area (Å²) in [7, 11) is 0. The summed E-state index contributed by atoms with van der Waals surface area (Å²) < 4.78 is 5.37. The van der Waals surface area contributed by atoms with Crippen molar-refractivity contribution in [3.05, 3.63) is 50.1 Å². The molecule has 1 unspecified atom stereocenters. The number of nitrogens with one attached hydrogen (secondary N) is 1. The molecule has 8 heteroatoms.